The number of allylic oxidation sites excluding steroid dienone is 4. The molecule has 2 rings (SSSR count). The van der Waals surface area contributed by atoms with Gasteiger partial charge < -0.3 is 5.32 Å². The summed E-state index contributed by atoms with van der Waals surface area (Å²) in [6.07, 6.45) is 9.24. The van der Waals surface area contributed by atoms with Gasteiger partial charge in [0.1, 0.15) is 0 Å². The molecule has 0 saturated carbocycles. The summed E-state index contributed by atoms with van der Waals surface area (Å²) in [6.45, 7) is 18.8. The maximum atomic E-state index is 11.1. The van der Waals surface area contributed by atoms with Gasteiger partial charge in [-0.2, -0.15) is 0 Å². The van der Waals surface area contributed by atoms with Crippen LogP contribution < -0.4 is 5.32 Å². The molecule has 1 aromatic carbocycles. The van der Waals surface area contributed by atoms with E-state index in [0.29, 0.717) is 5.82 Å². The van der Waals surface area contributed by atoms with E-state index in [9.17, 15) is 4.79 Å². The van der Waals surface area contributed by atoms with Crippen molar-refractivity contribution in [1.82, 2.24) is 25.7 Å². The minimum Gasteiger partial charge on any atom is -0.354 e. The molecule has 0 aliphatic heterocycles. The van der Waals surface area contributed by atoms with E-state index < -0.39 is 0 Å². The Labute approximate surface area is 181 Å². The van der Waals surface area contributed by atoms with Crippen LogP contribution in [-0.2, 0) is 10.2 Å². The van der Waals surface area contributed by atoms with E-state index in [0.717, 1.165) is 12.0 Å². The zero-order valence-corrected chi connectivity index (χ0v) is 19.1. The van der Waals surface area contributed by atoms with Gasteiger partial charge in [0.05, 0.1) is 0 Å². The second-order valence-corrected chi connectivity index (χ2v) is 6.99. The summed E-state index contributed by atoms with van der Waals surface area (Å²) in [6, 6.07) is 8.19. The molecule has 1 N–H and O–H groups in total. The van der Waals surface area contributed by atoms with Crippen LogP contribution in [0.3, 0.4) is 0 Å². The molecule has 6 heteroatoms. The first-order valence-corrected chi connectivity index (χ1v) is 10.1. The molecule has 162 valence electrons. The molecule has 0 fully saturated rings. The van der Waals surface area contributed by atoms with Gasteiger partial charge in [0.15, 0.2) is 6.33 Å². The number of benzene rings is 1. The number of aromatic nitrogens is 4. The third-order valence-electron chi connectivity index (χ3n) is 3.98. The van der Waals surface area contributed by atoms with E-state index in [1.165, 1.54) is 11.9 Å². The van der Waals surface area contributed by atoms with E-state index in [1.807, 2.05) is 45.1 Å². The van der Waals surface area contributed by atoms with Gasteiger partial charge in [0.2, 0.25) is 11.7 Å². The molecule has 1 atom stereocenters. The van der Waals surface area contributed by atoms with E-state index in [2.05, 4.69) is 64.8 Å². The van der Waals surface area contributed by atoms with Crippen LogP contribution in [0.5, 0.6) is 0 Å². The number of nitrogens with one attached hydrogen (secondary N) is 1. The molecule has 0 spiro atoms. The van der Waals surface area contributed by atoms with E-state index in [-0.39, 0.29) is 17.4 Å². The number of hydrogen-bond donors (Lipinski definition) is 1. The van der Waals surface area contributed by atoms with E-state index in [4.69, 9.17) is 0 Å². The van der Waals surface area contributed by atoms with Crippen LogP contribution in [-0.4, -0.2) is 32.3 Å². The van der Waals surface area contributed by atoms with E-state index in [1.54, 1.807) is 19.1 Å². The highest BCUT2D eigenvalue weighted by molar-refractivity contribution is 5.73. The lowest BCUT2D eigenvalue weighted by Gasteiger charge is -2.29. The SMILES string of the molecule is C=C/C=C\C=C.CC.CC(=O)NC(C)CC(C)(C)c1ccc(-c2nncnn2)cc1. The number of carbonyl (C=O) groups excluding carboxylic acids is 1. The number of amides is 1. The zero-order chi connectivity index (χ0) is 23.0. The minimum atomic E-state index is -0.0472. The molecule has 0 aliphatic carbocycles. The smallest absolute Gasteiger partial charge is 0.217 e. The highest BCUT2D eigenvalue weighted by Crippen LogP contribution is 2.29. The molecule has 1 amide bonds. The van der Waals surface area contributed by atoms with Crippen molar-refractivity contribution in [2.45, 2.75) is 59.4 Å². The second-order valence-electron chi connectivity index (χ2n) is 6.99. The van der Waals surface area contributed by atoms with Gasteiger partial charge >= 0.3 is 0 Å². The van der Waals surface area contributed by atoms with Crippen LogP contribution in [0.25, 0.3) is 11.4 Å². The van der Waals surface area contributed by atoms with E-state index >= 15 is 0 Å². The zero-order valence-electron chi connectivity index (χ0n) is 19.1. The number of carbonyl (C=O) groups is 1. The van der Waals surface area contributed by atoms with Crippen molar-refractivity contribution < 1.29 is 4.79 Å². The van der Waals surface area contributed by atoms with Gasteiger partial charge in [-0.05, 0) is 24.3 Å². The molecule has 1 unspecified atom stereocenters. The predicted octanol–water partition coefficient (Wildman–Crippen LogP) is 5.07. The molecule has 0 radical (unpaired) electrons. The van der Waals surface area contributed by atoms with Crippen molar-refractivity contribution in [1.29, 1.82) is 0 Å². The first kappa shape index (κ1) is 26.9. The summed E-state index contributed by atoms with van der Waals surface area (Å²) < 4.78 is 0. The van der Waals surface area contributed by atoms with Gasteiger partial charge in [-0.1, -0.05) is 89.4 Å². The highest BCUT2D eigenvalue weighted by atomic mass is 16.1. The standard InChI is InChI=1S/C16H21N5O.C6H8.C2H6/c1-11(19-12(2)22)9-16(3,4)14-7-5-13(6-8-14)15-20-17-10-18-21-15;1-3-5-6-4-2;1-2/h5-8,10-11H,9H2,1-4H3,(H,19,22);3-6H,1-2H2;1-2H3/b;6-5-;. The molecule has 1 heterocycles. The monoisotopic (exact) mass is 409 g/mol. The Morgan fingerprint density at radius 1 is 1.07 bits per heavy atom. The van der Waals surface area contributed by atoms with Crippen molar-refractivity contribution >= 4 is 5.91 Å². The summed E-state index contributed by atoms with van der Waals surface area (Å²) in [5.74, 6) is 0.512. The lowest BCUT2D eigenvalue weighted by Crippen LogP contribution is -2.35. The quantitative estimate of drug-likeness (QED) is 0.646. The first-order chi connectivity index (χ1) is 14.3. The van der Waals surface area contributed by atoms with Crippen LogP contribution in [0.4, 0.5) is 0 Å². The van der Waals surface area contributed by atoms with Crippen LogP contribution in [0.15, 0.2) is 68.1 Å². The highest BCUT2D eigenvalue weighted by Gasteiger charge is 2.23. The topological polar surface area (TPSA) is 80.7 Å². The molecule has 0 bridgehead atoms. The fourth-order valence-electron chi connectivity index (χ4n) is 2.83. The Hall–Kier alpha value is -3.15. The Balaban J connectivity index is 0.000000905. The average molecular weight is 410 g/mol. The Morgan fingerprint density at radius 2 is 1.57 bits per heavy atom. The largest absolute Gasteiger partial charge is 0.354 e. The minimum absolute atomic E-state index is 0.000116. The van der Waals surface area contributed by atoms with Gasteiger partial charge in [-0.25, -0.2) is 0 Å². The van der Waals surface area contributed by atoms with Crippen LogP contribution in [0, 0.1) is 0 Å². The summed E-state index contributed by atoms with van der Waals surface area (Å²) in [5.41, 5.74) is 2.04. The Bertz CT molecular complexity index is 773. The molecular weight excluding hydrogens is 374 g/mol. The number of hydrogen-bond acceptors (Lipinski definition) is 5. The fraction of sp³-hybridized carbons (Fsp3) is 0.375. The summed E-state index contributed by atoms with van der Waals surface area (Å²) >= 11 is 0. The summed E-state index contributed by atoms with van der Waals surface area (Å²) in [5, 5.41) is 18.3. The van der Waals surface area contributed by atoms with Gasteiger partial charge in [0.25, 0.3) is 0 Å². The molecule has 0 aliphatic rings. The normalized spacial score (nSPS) is 11.3. The summed E-state index contributed by atoms with van der Waals surface area (Å²) in [4.78, 5) is 11.1. The molecule has 30 heavy (non-hydrogen) atoms. The maximum Gasteiger partial charge on any atom is 0.217 e. The second kappa shape index (κ2) is 14.8. The van der Waals surface area contributed by atoms with Gasteiger partial charge in [-0.15, -0.1) is 20.4 Å². The number of rotatable bonds is 7. The Morgan fingerprint density at radius 3 is 2.00 bits per heavy atom. The molecule has 1 aromatic heterocycles. The van der Waals surface area contributed by atoms with Crippen molar-refractivity contribution in [3.05, 3.63) is 73.6 Å². The van der Waals surface area contributed by atoms with Gasteiger partial charge in [0, 0.05) is 18.5 Å². The van der Waals surface area contributed by atoms with Crippen molar-refractivity contribution in [2.75, 3.05) is 0 Å². The van der Waals surface area contributed by atoms with Crippen LogP contribution >= 0.6 is 0 Å². The average Bonchev–Trinajstić information content (AvgIpc) is 2.74. The predicted molar refractivity (Wildman–Crippen MR) is 125 cm³/mol. The summed E-state index contributed by atoms with van der Waals surface area (Å²) in [7, 11) is 0. The van der Waals surface area contributed by atoms with Gasteiger partial charge in [-0.3, -0.25) is 4.79 Å². The molecular formula is C24H35N5O. The van der Waals surface area contributed by atoms with Crippen LogP contribution in [0.2, 0.25) is 0 Å². The third kappa shape index (κ3) is 10.4. The molecule has 2 aromatic rings. The third-order valence-corrected chi connectivity index (χ3v) is 3.98. The van der Waals surface area contributed by atoms with Crippen LogP contribution in [0.1, 0.15) is 53.5 Å². The molecule has 0 saturated heterocycles. The number of nitrogens with zero attached hydrogens (tertiary/aromatic N) is 4. The lowest BCUT2D eigenvalue weighted by atomic mass is 9.79. The fourth-order valence-corrected chi connectivity index (χ4v) is 2.83. The van der Waals surface area contributed by atoms with Crippen molar-refractivity contribution in [2.24, 2.45) is 0 Å². The molecule has 6 nitrogen and oxygen atoms in total. The lowest BCUT2D eigenvalue weighted by molar-refractivity contribution is -0.119. The van der Waals surface area contributed by atoms with Crippen molar-refractivity contribution in [3.63, 3.8) is 0 Å². The first-order valence-electron chi connectivity index (χ1n) is 10.1. The maximum absolute atomic E-state index is 11.1. The Kier molecular flexibility index (Phi) is 13.2. The van der Waals surface area contributed by atoms with Crippen molar-refractivity contribution in [3.8, 4) is 11.4 Å².